The summed E-state index contributed by atoms with van der Waals surface area (Å²) < 4.78 is 11.5. The van der Waals surface area contributed by atoms with Gasteiger partial charge >= 0.3 is 11.9 Å². The monoisotopic (exact) mass is 459 g/mol. The highest BCUT2D eigenvalue weighted by atomic mass is 16.6. The van der Waals surface area contributed by atoms with E-state index in [0.717, 1.165) is 18.7 Å². The second kappa shape index (κ2) is 10.0. The summed E-state index contributed by atoms with van der Waals surface area (Å²) in [6.45, 7) is 2.86. The number of hydrogen-bond donors (Lipinski definition) is 2. The maximum absolute atomic E-state index is 13.2. The summed E-state index contributed by atoms with van der Waals surface area (Å²) >= 11 is 0. The van der Waals surface area contributed by atoms with Crippen LogP contribution in [0.5, 0.6) is 5.75 Å². The minimum Gasteiger partial charge on any atom is -0.480 e. The molecule has 178 valence electrons. The fourth-order valence-electron chi connectivity index (χ4n) is 4.56. The molecule has 33 heavy (non-hydrogen) atoms. The number of esters is 1. The molecule has 3 heterocycles. The van der Waals surface area contributed by atoms with Gasteiger partial charge in [-0.3, -0.25) is 14.4 Å². The van der Waals surface area contributed by atoms with Crippen molar-refractivity contribution in [3.63, 3.8) is 0 Å². The van der Waals surface area contributed by atoms with Crippen LogP contribution in [-0.4, -0.2) is 91.3 Å². The van der Waals surface area contributed by atoms with E-state index in [1.165, 1.54) is 7.11 Å². The zero-order valence-corrected chi connectivity index (χ0v) is 18.7. The van der Waals surface area contributed by atoms with Crippen molar-refractivity contribution in [3.05, 3.63) is 42.0 Å². The first-order valence-corrected chi connectivity index (χ1v) is 11.0. The van der Waals surface area contributed by atoms with Gasteiger partial charge in [-0.05, 0) is 24.7 Å². The summed E-state index contributed by atoms with van der Waals surface area (Å²) in [7, 11) is 3.38. The van der Waals surface area contributed by atoms with Crippen molar-refractivity contribution in [1.29, 1.82) is 0 Å². The Labute approximate surface area is 192 Å². The molecule has 0 aromatic heterocycles. The molecule has 2 bridgehead atoms. The highest BCUT2D eigenvalue weighted by Gasteiger charge is 2.54. The van der Waals surface area contributed by atoms with Crippen LogP contribution in [0.25, 0.3) is 0 Å². The second-order valence-electron chi connectivity index (χ2n) is 8.61. The standard InChI is InChI=1S/C23H29N3O7/c1-25-9-11-26(12-10-25)21(27)19-17-7-8-18(33-17)20(19)23(30)32-15-5-3-14(4-6-15)13-16(22(28)29)24-31-2/h3-8,16-20,24H,9-13H2,1-2H3,(H,28,29)/t16?,17-,18+,19?,20?/m0/s1. The van der Waals surface area contributed by atoms with E-state index in [4.69, 9.17) is 14.3 Å². The normalized spacial score (nSPS) is 27.5. The minimum absolute atomic E-state index is 0.0670. The topological polar surface area (TPSA) is 118 Å². The predicted octanol–water partition coefficient (Wildman–Crippen LogP) is 0.0823. The van der Waals surface area contributed by atoms with Crippen LogP contribution in [0.4, 0.5) is 0 Å². The van der Waals surface area contributed by atoms with Gasteiger partial charge in [0.25, 0.3) is 0 Å². The van der Waals surface area contributed by atoms with Crippen LogP contribution >= 0.6 is 0 Å². The summed E-state index contributed by atoms with van der Waals surface area (Å²) in [5.74, 6) is -2.57. The zero-order valence-electron chi connectivity index (χ0n) is 18.7. The number of nitrogens with zero attached hydrogens (tertiary/aromatic N) is 2. The first-order valence-electron chi connectivity index (χ1n) is 11.0. The number of likely N-dealkylation sites (N-methyl/N-ethyl adjacent to an activating group) is 1. The van der Waals surface area contributed by atoms with Gasteiger partial charge in [0.15, 0.2) is 0 Å². The van der Waals surface area contributed by atoms with E-state index in [9.17, 15) is 19.5 Å². The molecule has 10 nitrogen and oxygen atoms in total. The molecule has 1 aromatic rings. The third-order valence-corrected chi connectivity index (χ3v) is 6.41. The van der Waals surface area contributed by atoms with Crippen LogP contribution in [-0.2, 0) is 30.4 Å². The molecular formula is C23H29N3O7. The molecule has 4 rings (SSSR count). The van der Waals surface area contributed by atoms with Crippen LogP contribution in [0.2, 0.25) is 0 Å². The quantitative estimate of drug-likeness (QED) is 0.241. The molecular weight excluding hydrogens is 430 g/mol. The Hall–Kier alpha value is -2.79. The molecule has 3 unspecified atom stereocenters. The minimum atomic E-state index is -1.03. The lowest BCUT2D eigenvalue weighted by Gasteiger charge is -2.35. The smallest absolute Gasteiger partial charge is 0.323 e. The maximum atomic E-state index is 13.2. The summed E-state index contributed by atoms with van der Waals surface area (Å²) in [4.78, 5) is 46.3. The van der Waals surface area contributed by atoms with Crippen molar-refractivity contribution in [2.75, 3.05) is 40.3 Å². The largest absolute Gasteiger partial charge is 0.480 e. The van der Waals surface area contributed by atoms with Gasteiger partial charge in [0.1, 0.15) is 17.7 Å². The number of carboxylic acids is 1. The van der Waals surface area contributed by atoms with E-state index in [1.54, 1.807) is 24.3 Å². The molecule has 2 N–H and O–H groups in total. The van der Waals surface area contributed by atoms with Crippen molar-refractivity contribution in [2.45, 2.75) is 24.7 Å². The first-order chi connectivity index (χ1) is 15.9. The number of nitrogens with one attached hydrogen (secondary N) is 1. The second-order valence-corrected chi connectivity index (χ2v) is 8.61. The Bertz CT molecular complexity index is 911. The van der Waals surface area contributed by atoms with Crippen LogP contribution in [0.1, 0.15) is 5.56 Å². The number of carbonyl (C=O) groups excluding carboxylic acids is 2. The molecule has 0 spiro atoms. The van der Waals surface area contributed by atoms with E-state index in [1.807, 2.05) is 24.1 Å². The number of amides is 1. The number of hydroxylamine groups is 1. The fraction of sp³-hybridized carbons (Fsp3) is 0.522. The Balaban J connectivity index is 1.41. The van der Waals surface area contributed by atoms with Crippen molar-refractivity contribution in [2.24, 2.45) is 11.8 Å². The summed E-state index contributed by atoms with van der Waals surface area (Å²) in [6, 6.07) is 5.71. The molecule has 1 aromatic carbocycles. The summed E-state index contributed by atoms with van der Waals surface area (Å²) in [5.41, 5.74) is 3.17. The van der Waals surface area contributed by atoms with Crippen molar-refractivity contribution >= 4 is 17.8 Å². The molecule has 2 fully saturated rings. The number of aliphatic carboxylic acids is 1. The number of rotatable bonds is 8. The highest BCUT2D eigenvalue weighted by molar-refractivity contribution is 5.89. The SMILES string of the molecule is CONC(Cc1ccc(OC(=O)C2C(C(=O)N3CCN(C)CC3)[C@@H]3C=C[C@H]2O3)cc1)C(=O)O. The lowest BCUT2D eigenvalue weighted by atomic mass is 9.82. The van der Waals surface area contributed by atoms with E-state index in [2.05, 4.69) is 10.4 Å². The van der Waals surface area contributed by atoms with E-state index < -0.39 is 42.0 Å². The number of carbonyl (C=O) groups is 3. The van der Waals surface area contributed by atoms with Gasteiger partial charge in [-0.2, -0.15) is 5.48 Å². The Morgan fingerprint density at radius 3 is 2.33 bits per heavy atom. The van der Waals surface area contributed by atoms with Crippen molar-refractivity contribution in [3.8, 4) is 5.75 Å². The van der Waals surface area contributed by atoms with Gasteiger partial charge in [-0.25, -0.2) is 0 Å². The molecule has 3 aliphatic heterocycles. The lowest BCUT2D eigenvalue weighted by molar-refractivity contribution is -0.148. The Kier molecular flexibility index (Phi) is 7.08. The number of hydrogen-bond acceptors (Lipinski definition) is 8. The molecule has 5 atom stereocenters. The number of ether oxygens (including phenoxy) is 2. The summed E-state index contributed by atoms with van der Waals surface area (Å²) in [6.07, 6.45) is 2.99. The zero-order chi connectivity index (χ0) is 23.5. The van der Waals surface area contributed by atoms with Gasteiger partial charge < -0.3 is 29.2 Å². The first kappa shape index (κ1) is 23.4. The molecule has 0 saturated carbocycles. The van der Waals surface area contributed by atoms with Crippen LogP contribution in [0, 0.1) is 11.8 Å². The molecule has 1 amide bonds. The Morgan fingerprint density at radius 2 is 1.73 bits per heavy atom. The molecule has 3 aliphatic rings. The predicted molar refractivity (Wildman–Crippen MR) is 116 cm³/mol. The maximum Gasteiger partial charge on any atom is 0.323 e. The van der Waals surface area contributed by atoms with Crippen LogP contribution in [0.3, 0.4) is 0 Å². The average Bonchev–Trinajstić information content (AvgIpc) is 3.42. The number of piperazine rings is 1. The van der Waals surface area contributed by atoms with E-state index in [-0.39, 0.29) is 12.3 Å². The van der Waals surface area contributed by atoms with Gasteiger partial charge in [0.05, 0.1) is 25.2 Å². The van der Waals surface area contributed by atoms with Crippen molar-refractivity contribution < 1.29 is 33.8 Å². The van der Waals surface area contributed by atoms with E-state index in [0.29, 0.717) is 18.8 Å². The molecule has 2 saturated heterocycles. The Morgan fingerprint density at radius 1 is 1.09 bits per heavy atom. The molecule has 0 radical (unpaired) electrons. The van der Waals surface area contributed by atoms with Crippen LogP contribution in [0.15, 0.2) is 36.4 Å². The van der Waals surface area contributed by atoms with Gasteiger partial charge in [0.2, 0.25) is 5.91 Å². The highest BCUT2D eigenvalue weighted by Crippen LogP contribution is 2.41. The fourth-order valence-corrected chi connectivity index (χ4v) is 4.56. The number of carboxylic acid groups (broad SMARTS) is 1. The summed E-state index contributed by atoms with van der Waals surface area (Å²) in [5, 5.41) is 9.23. The third kappa shape index (κ3) is 5.09. The van der Waals surface area contributed by atoms with Gasteiger partial charge in [-0.15, -0.1) is 0 Å². The van der Waals surface area contributed by atoms with Gasteiger partial charge in [0, 0.05) is 32.6 Å². The van der Waals surface area contributed by atoms with Crippen molar-refractivity contribution in [1.82, 2.24) is 15.3 Å². The third-order valence-electron chi connectivity index (χ3n) is 6.41. The number of fused-ring (bicyclic) bond motifs is 2. The average molecular weight is 459 g/mol. The number of benzene rings is 1. The van der Waals surface area contributed by atoms with Crippen LogP contribution < -0.4 is 10.2 Å². The van der Waals surface area contributed by atoms with Gasteiger partial charge in [-0.1, -0.05) is 24.3 Å². The van der Waals surface area contributed by atoms with E-state index >= 15 is 0 Å². The molecule has 10 heteroatoms. The molecule has 0 aliphatic carbocycles. The lowest BCUT2D eigenvalue weighted by Crippen LogP contribution is -2.52.